The van der Waals surface area contributed by atoms with E-state index < -0.39 is 0 Å². The van der Waals surface area contributed by atoms with Crippen molar-refractivity contribution in [1.82, 2.24) is 5.32 Å². The molecule has 0 aromatic heterocycles. The summed E-state index contributed by atoms with van der Waals surface area (Å²) < 4.78 is 5.67. The van der Waals surface area contributed by atoms with Gasteiger partial charge in [-0.3, -0.25) is 0 Å². The third-order valence-corrected chi connectivity index (χ3v) is 5.23. The van der Waals surface area contributed by atoms with Crippen molar-refractivity contribution in [2.24, 2.45) is 5.92 Å². The Morgan fingerprint density at radius 3 is 2.95 bits per heavy atom. The van der Waals surface area contributed by atoms with Gasteiger partial charge in [0, 0.05) is 23.3 Å². The number of hydrogen-bond donors (Lipinski definition) is 1. The van der Waals surface area contributed by atoms with Crippen LogP contribution in [0.25, 0.3) is 0 Å². The monoisotopic (exact) mass is 293 g/mol. The van der Waals surface area contributed by atoms with Gasteiger partial charge in [-0.05, 0) is 50.3 Å². The minimum absolute atomic E-state index is 0.569. The molecule has 0 radical (unpaired) electrons. The first-order valence-corrected chi connectivity index (χ1v) is 8.79. The van der Waals surface area contributed by atoms with Crippen LogP contribution >= 0.6 is 11.8 Å². The quantitative estimate of drug-likeness (QED) is 0.771. The Balaban J connectivity index is 1.91. The first-order valence-electron chi connectivity index (χ1n) is 7.80. The lowest BCUT2D eigenvalue weighted by molar-refractivity contribution is 0.0427. The van der Waals surface area contributed by atoms with Gasteiger partial charge in [-0.1, -0.05) is 25.1 Å². The highest BCUT2D eigenvalue weighted by atomic mass is 32.2. The highest BCUT2D eigenvalue weighted by molar-refractivity contribution is 7.99. The number of rotatable bonds is 7. The lowest BCUT2D eigenvalue weighted by Gasteiger charge is -2.31. The number of benzene rings is 1. The predicted octanol–water partition coefficient (Wildman–Crippen LogP) is 3.88. The van der Waals surface area contributed by atoms with E-state index >= 15 is 0 Å². The molecule has 20 heavy (non-hydrogen) atoms. The molecule has 0 aliphatic carbocycles. The fraction of sp³-hybridized carbons (Fsp3) is 0.647. The summed E-state index contributed by atoms with van der Waals surface area (Å²) in [5.41, 5.74) is 1.38. The third-order valence-electron chi connectivity index (χ3n) is 3.93. The van der Waals surface area contributed by atoms with Gasteiger partial charge < -0.3 is 10.1 Å². The van der Waals surface area contributed by atoms with Gasteiger partial charge in [-0.15, -0.1) is 11.8 Å². The molecule has 112 valence electrons. The normalized spacial score (nSPS) is 20.8. The molecular formula is C17H27NOS. The van der Waals surface area contributed by atoms with Gasteiger partial charge in [0.05, 0.1) is 6.61 Å². The summed E-state index contributed by atoms with van der Waals surface area (Å²) in [5.74, 6) is 1.81. The van der Waals surface area contributed by atoms with Crippen LogP contribution < -0.4 is 5.32 Å². The van der Waals surface area contributed by atoms with Gasteiger partial charge in [0.2, 0.25) is 0 Å². The number of ether oxygens (including phenoxy) is 1. The maximum absolute atomic E-state index is 5.67. The van der Waals surface area contributed by atoms with E-state index in [0.717, 1.165) is 25.5 Å². The molecule has 1 aromatic carbocycles. The van der Waals surface area contributed by atoms with Crippen LogP contribution in [0, 0.1) is 12.8 Å². The van der Waals surface area contributed by atoms with E-state index in [-0.39, 0.29) is 0 Å². The van der Waals surface area contributed by atoms with Crippen LogP contribution in [0.3, 0.4) is 0 Å². The molecule has 0 amide bonds. The Morgan fingerprint density at radius 2 is 2.25 bits per heavy atom. The van der Waals surface area contributed by atoms with Crippen LogP contribution in [0.5, 0.6) is 0 Å². The van der Waals surface area contributed by atoms with E-state index in [2.05, 4.69) is 43.4 Å². The van der Waals surface area contributed by atoms with Crippen molar-refractivity contribution in [2.45, 2.75) is 44.0 Å². The Kier molecular flexibility index (Phi) is 6.91. The fourth-order valence-electron chi connectivity index (χ4n) is 2.67. The standard InChI is InChI=1S/C17H27NOS/c1-3-10-18-16(15-8-6-11-19-12-15)13-20-17-9-5-4-7-14(17)2/h4-5,7,9,15-16,18H,3,6,8,10-13H2,1-2H3. The van der Waals surface area contributed by atoms with E-state index in [1.165, 1.54) is 29.7 Å². The molecule has 0 bridgehead atoms. The number of hydrogen-bond acceptors (Lipinski definition) is 3. The molecule has 1 saturated heterocycles. The average Bonchev–Trinajstić information content (AvgIpc) is 2.50. The second-order valence-corrected chi connectivity index (χ2v) is 6.68. The first kappa shape index (κ1) is 15.9. The molecule has 2 nitrogen and oxygen atoms in total. The number of aryl methyl sites for hydroxylation is 1. The van der Waals surface area contributed by atoms with Crippen LogP contribution in [0.2, 0.25) is 0 Å². The third kappa shape index (κ3) is 4.80. The minimum Gasteiger partial charge on any atom is -0.381 e. The lowest BCUT2D eigenvalue weighted by atomic mass is 9.95. The summed E-state index contributed by atoms with van der Waals surface area (Å²) in [6.07, 6.45) is 3.71. The van der Waals surface area contributed by atoms with Gasteiger partial charge in [-0.2, -0.15) is 0 Å². The predicted molar refractivity (Wildman–Crippen MR) is 87.5 cm³/mol. The van der Waals surface area contributed by atoms with Crippen molar-refractivity contribution in [3.05, 3.63) is 29.8 Å². The Bertz CT molecular complexity index is 390. The van der Waals surface area contributed by atoms with Crippen molar-refractivity contribution < 1.29 is 4.74 Å². The maximum Gasteiger partial charge on any atom is 0.0509 e. The topological polar surface area (TPSA) is 21.3 Å². The lowest BCUT2D eigenvalue weighted by Crippen LogP contribution is -2.42. The zero-order valence-electron chi connectivity index (χ0n) is 12.7. The molecule has 1 N–H and O–H groups in total. The largest absolute Gasteiger partial charge is 0.381 e. The SMILES string of the molecule is CCCNC(CSc1ccccc1C)C1CCCOC1. The molecular weight excluding hydrogens is 266 g/mol. The highest BCUT2D eigenvalue weighted by Gasteiger charge is 2.23. The van der Waals surface area contributed by atoms with Crippen molar-refractivity contribution in [3.63, 3.8) is 0 Å². The van der Waals surface area contributed by atoms with E-state index in [9.17, 15) is 0 Å². The molecule has 1 fully saturated rings. The van der Waals surface area contributed by atoms with E-state index in [1.807, 2.05) is 11.8 Å². The first-order chi connectivity index (χ1) is 9.81. The summed E-state index contributed by atoms with van der Waals surface area (Å²) in [7, 11) is 0. The van der Waals surface area contributed by atoms with E-state index in [0.29, 0.717) is 12.0 Å². The zero-order valence-corrected chi connectivity index (χ0v) is 13.5. The van der Waals surface area contributed by atoms with Crippen molar-refractivity contribution in [1.29, 1.82) is 0 Å². The molecule has 1 heterocycles. The van der Waals surface area contributed by atoms with Crippen LogP contribution in [-0.4, -0.2) is 31.6 Å². The maximum atomic E-state index is 5.67. The molecule has 1 aliphatic rings. The average molecular weight is 293 g/mol. The van der Waals surface area contributed by atoms with Crippen molar-refractivity contribution in [3.8, 4) is 0 Å². The van der Waals surface area contributed by atoms with E-state index in [4.69, 9.17) is 4.74 Å². The molecule has 0 spiro atoms. The molecule has 1 aliphatic heterocycles. The van der Waals surface area contributed by atoms with E-state index in [1.54, 1.807) is 0 Å². The Morgan fingerprint density at radius 1 is 1.40 bits per heavy atom. The molecule has 2 atom stereocenters. The summed E-state index contributed by atoms with van der Waals surface area (Å²) >= 11 is 1.98. The van der Waals surface area contributed by atoms with Crippen LogP contribution in [-0.2, 0) is 4.74 Å². The number of thioether (sulfide) groups is 1. The smallest absolute Gasteiger partial charge is 0.0509 e. The summed E-state index contributed by atoms with van der Waals surface area (Å²) in [5, 5.41) is 3.73. The minimum atomic E-state index is 0.569. The van der Waals surface area contributed by atoms with Gasteiger partial charge in [0.15, 0.2) is 0 Å². The molecule has 0 saturated carbocycles. The highest BCUT2D eigenvalue weighted by Crippen LogP contribution is 2.26. The second kappa shape index (κ2) is 8.71. The van der Waals surface area contributed by atoms with Gasteiger partial charge in [0.25, 0.3) is 0 Å². The number of nitrogens with one attached hydrogen (secondary N) is 1. The van der Waals surface area contributed by atoms with Crippen LogP contribution in [0.1, 0.15) is 31.7 Å². The van der Waals surface area contributed by atoms with Crippen LogP contribution in [0.15, 0.2) is 29.2 Å². The summed E-state index contributed by atoms with van der Waals surface area (Å²) in [4.78, 5) is 1.41. The van der Waals surface area contributed by atoms with Gasteiger partial charge in [-0.25, -0.2) is 0 Å². The van der Waals surface area contributed by atoms with Gasteiger partial charge in [0.1, 0.15) is 0 Å². The summed E-state index contributed by atoms with van der Waals surface area (Å²) in [6, 6.07) is 9.24. The molecule has 2 unspecified atom stereocenters. The molecule has 3 heteroatoms. The van der Waals surface area contributed by atoms with Crippen molar-refractivity contribution in [2.75, 3.05) is 25.5 Å². The Hall–Kier alpha value is -0.510. The zero-order chi connectivity index (χ0) is 14.2. The Labute approximate surface area is 127 Å². The van der Waals surface area contributed by atoms with Crippen LogP contribution in [0.4, 0.5) is 0 Å². The second-order valence-electron chi connectivity index (χ2n) is 5.61. The molecule has 1 aromatic rings. The molecule has 2 rings (SSSR count). The van der Waals surface area contributed by atoms with Crippen molar-refractivity contribution >= 4 is 11.8 Å². The van der Waals surface area contributed by atoms with Gasteiger partial charge >= 0.3 is 0 Å². The fourth-order valence-corrected chi connectivity index (χ4v) is 3.89. The summed E-state index contributed by atoms with van der Waals surface area (Å²) in [6.45, 7) is 7.41.